The number of aromatic carboxylic acids is 1. The largest absolute Gasteiger partial charge is 0.476 e. The fraction of sp³-hybridized carbons (Fsp3) is 0.167. The van der Waals surface area contributed by atoms with Gasteiger partial charge in [0.2, 0.25) is 0 Å². The highest BCUT2D eigenvalue weighted by molar-refractivity contribution is 7.13. The van der Waals surface area contributed by atoms with Crippen LogP contribution in [0, 0.1) is 6.92 Å². The highest BCUT2D eigenvalue weighted by Gasteiger charge is 2.14. The zero-order valence-electron chi connectivity index (χ0n) is 10.6. The summed E-state index contributed by atoms with van der Waals surface area (Å²) < 4.78 is 4.65. The fourth-order valence-corrected chi connectivity index (χ4v) is 2.96. The minimum Gasteiger partial charge on any atom is -0.476 e. The molecule has 0 fully saturated rings. The van der Waals surface area contributed by atoms with Crippen molar-refractivity contribution in [1.29, 1.82) is 0 Å². The number of carboxylic acid groups (broad SMARTS) is 1. The van der Waals surface area contributed by atoms with E-state index in [0.717, 1.165) is 0 Å². The summed E-state index contributed by atoms with van der Waals surface area (Å²) >= 11 is 2.45. The summed E-state index contributed by atoms with van der Waals surface area (Å²) in [4.78, 5) is 31.5. The zero-order valence-corrected chi connectivity index (χ0v) is 12.2. The minimum absolute atomic E-state index is 0.0427. The van der Waals surface area contributed by atoms with Crippen LogP contribution in [0.4, 0.5) is 0 Å². The highest BCUT2D eigenvalue weighted by atomic mass is 32.1. The van der Waals surface area contributed by atoms with E-state index in [0.29, 0.717) is 20.5 Å². The molecule has 0 radical (unpaired) electrons. The van der Waals surface area contributed by atoms with Crippen LogP contribution in [-0.2, 0) is 4.74 Å². The van der Waals surface area contributed by atoms with Crippen LogP contribution < -0.4 is 0 Å². The molecule has 2 rings (SSSR count). The number of carbonyl (C=O) groups excluding carboxylic acids is 1. The van der Waals surface area contributed by atoms with Crippen LogP contribution in [0.15, 0.2) is 5.51 Å². The van der Waals surface area contributed by atoms with Gasteiger partial charge in [-0.2, -0.15) is 0 Å². The number of thiazole rings is 2. The average Bonchev–Trinajstić information content (AvgIpc) is 3.01. The van der Waals surface area contributed by atoms with Gasteiger partial charge in [-0.05, 0) is 19.1 Å². The maximum atomic E-state index is 11.5. The summed E-state index contributed by atoms with van der Waals surface area (Å²) in [6.07, 6.45) is 3.25. The number of aryl methyl sites for hydroxylation is 1. The number of nitrogens with zero attached hydrogens (tertiary/aromatic N) is 2. The number of hydrogen-bond acceptors (Lipinski definition) is 7. The van der Waals surface area contributed by atoms with Crippen LogP contribution in [0.2, 0.25) is 0 Å². The first-order chi connectivity index (χ1) is 9.52. The Morgan fingerprint density at radius 2 is 2.15 bits per heavy atom. The Hall–Kier alpha value is -2.06. The van der Waals surface area contributed by atoms with Crippen LogP contribution in [0.25, 0.3) is 12.2 Å². The Morgan fingerprint density at radius 3 is 2.75 bits per heavy atom. The van der Waals surface area contributed by atoms with E-state index in [1.54, 1.807) is 24.6 Å². The Bertz CT molecular complexity index is 687. The Labute approximate surface area is 122 Å². The number of hydrogen-bond donors (Lipinski definition) is 1. The molecule has 0 unspecified atom stereocenters. The molecule has 8 heteroatoms. The van der Waals surface area contributed by atoms with Gasteiger partial charge in [-0.25, -0.2) is 19.6 Å². The second kappa shape index (κ2) is 5.93. The molecule has 0 aliphatic heterocycles. The summed E-state index contributed by atoms with van der Waals surface area (Å²) in [5.41, 5.74) is 2.06. The van der Waals surface area contributed by atoms with E-state index in [9.17, 15) is 9.59 Å². The molecule has 2 aromatic heterocycles. The van der Waals surface area contributed by atoms with Crippen molar-refractivity contribution in [2.75, 3.05) is 7.11 Å². The first kappa shape index (κ1) is 14.4. The SMILES string of the molecule is COC(=O)c1scnc1/C=C/c1nc(C(=O)O)c(C)s1. The molecule has 0 amide bonds. The van der Waals surface area contributed by atoms with E-state index >= 15 is 0 Å². The standard InChI is InChI=1S/C12H10N2O4S2/c1-6-9(11(15)16)14-8(20-6)4-3-7-10(12(17)18-2)19-5-13-7/h3-5H,1-2H3,(H,15,16)/b4-3+. The average molecular weight is 310 g/mol. The molecule has 0 spiro atoms. The van der Waals surface area contributed by atoms with Gasteiger partial charge >= 0.3 is 11.9 Å². The van der Waals surface area contributed by atoms with Gasteiger partial charge in [-0.15, -0.1) is 22.7 Å². The lowest BCUT2D eigenvalue weighted by molar-refractivity contribution is 0.0604. The van der Waals surface area contributed by atoms with Crippen molar-refractivity contribution in [2.45, 2.75) is 6.92 Å². The Morgan fingerprint density at radius 1 is 1.40 bits per heavy atom. The third-order valence-corrected chi connectivity index (χ3v) is 4.12. The van der Waals surface area contributed by atoms with Gasteiger partial charge in [0, 0.05) is 4.88 Å². The van der Waals surface area contributed by atoms with Gasteiger partial charge in [0.25, 0.3) is 0 Å². The number of carbonyl (C=O) groups is 2. The molecule has 0 aliphatic carbocycles. The lowest BCUT2D eigenvalue weighted by Gasteiger charge is -1.94. The van der Waals surface area contributed by atoms with Gasteiger partial charge in [0.15, 0.2) is 5.69 Å². The van der Waals surface area contributed by atoms with Gasteiger partial charge in [-0.1, -0.05) is 0 Å². The number of ether oxygens (including phenoxy) is 1. The number of rotatable bonds is 4. The number of methoxy groups -OCH3 is 1. The summed E-state index contributed by atoms with van der Waals surface area (Å²) in [6, 6.07) is 0. The first-order valence-electron chi connectivity index (χ1n) is 5.43. The van der Waals surface area contributed by atoms with Crippen molar-refractivity contribution in [3.63, 3.8) is 0 Å². The van der Waals surface area contributed by atoms with Crippen molar-refractivity contribution < 1.29 is 19.4 Å². The predicted octanol–water partition coefficient (Wildman–Crippen LogP) is 2.56. The maximum Gasteiger partial charge on any atom is 0.355 e. The van der Waals surface area contributed by atoms with Gasteiger partial charge in [0.1, 0.15) is 9.88 Å². The zero-order chi connectivity index (χ0) is 14.7. The van der Waals surface area contributed by atoms with Crippen molar-refractivity contribution in [2.24, 2.45) is 0 Å². The van der Waals surface area contributed by atoms with Crippen molar-refractivity contribution in [3.05, 3.63) is 31.7 Å². The van der Waals surface area contributed by atoms with Crippen molar-refractivity contribution >= 4 is 46.8 Å². The van der Waals surface area contributed by atoms with Crippen LogP contribution >= 0.6 is 22.7 Å². The molecule has 0 atom stereocenters. The minimum atomic E-state index is -1.05. The Kier molecular flexibility index (Phi) is 4.26. The van der Waals surface area contributed by atoms with Crippen molar-refractivity contribution in [1.82, 2.24) is 9.97 Å². The number of carboxylic acids is 1. The van der Waals surface area contributed by atoms with E-state index in [2.05, 4.69) is 14.7 Å². The normalized spacial score (nSPS) is 10.9. The molecule has 104 valence electrons. The highest BCUT2D eigenvalue weighted by Crippen LogP contribution is 2.21. The van der Waals surface area contributed by atoms with E-state index in [1.165, 1.54) is 29.8 Å². The molecular weight excluding hydrogens is 300 g/mol. The molecule has 20 heavy (non-hydrogen) atoms. The lowest BCUT2D eigenvalue weighted by Crippen LogP contribution is -2.00. The molecule has 0 aromatic carbocycles. The third kappa shape index (κ3) is 2.91. The molecule has 1 N–H and O–H groups in total. The molecule has 6 nitrogen and oxygen atoms in total. The topological polar surface area (TPSA) is 89.4 Å². The van der Waals surface area contributed by atoms with Gasteiger partial charge in [0.05, 0.1) is 18.3 Å². The van der Waals surface area contributed by atoms with Gasteiger partial charge < -0.3 is 9.84 Å². The number of esters is 1. The number of aromatic nitrogens is 2. The van der Waals surface area contributed by atoms with Crippen LogP contribution in [0.5, 0.6) is 0 Å². The summed E-state index contributed by atoms with van der Waals surface area (Å²) in [5, 5.41) is 9.47. The molecule has 2 heterocycles. The second-order valence-electron chi connectivity index (χ2n) is 3.65. The molecular formula is C12H10N2O4S2. The molecule has 0 saturated carbocycles. The lowest BCUT2D eigenvalue weighted by atomic mass is 10.3. The molecule has 2 aromatic rings. The molecule has 0 bridgehead atoms. The molecule has 0 aliphatic rings. The van der Waals surface area contributed by atoms with Crippen molar-refractivity contribution in [3.8, 4) is 0 Å². The van der Waals surface area contributed by atoms with Crippen LogP contribution in [0.1, 0.15) is 35.7 Å². The van der Waals surface area contributed by atoms with Crippen LogP contribution in [0.3, 0.4) is 0 Å². The molecule has 0 saturated heterocycles. The first-order valence-corrected chi connectivity index (χ1v) is 7.13. The fourth-order valence-electron chi connectivity index (χ4n) is 1.46. The summed E-state index contributed by atoms with van der Waals surface area (Å²) in [6.45, 7) is 1.70. The maximum absolute atomic E-state index is 11.5. The second-order valence-corrected chi connectivity index (χ2v) is 5.74. The third-order valence-electron chi connectivity index (χ3n) is 2.37. The van der Waals surface area contributed by atoms with E-state index in [4.69, 9.17) is 5.11 Å². The summed E-state index contributed by atoms with van der Waals surface area (Å²) in [7, 11) is 1.30. The smallest absolute Gasteiger partial charge is 0.355 e. The summed E-state index contributed by atoms with van der Waals surface area (Å²) in [5.74, 6) is -1.50. The Balaban J connectivity index is 2.26. The predicted molar refractivity (Wildman–Crippen MR) is 76.2 cm³/mol. The van der Waals surface area contributed by atoms with E-state index in [1.807, 2.05) is 0 Å². The van der Waals surface area contributed by atoms with E-state index in [-0.39, 0.29) is 5.69 Å². The van der Waals surface area contributed by atoms with Gasteiger partial charge in [-0.3, -0.25) is 0 Å². The monoisotopic (exact) mass is 310 g/mol. The van der Waals surface area contributed by atoms with E-state index < -0.39 is 11.9 Å². The quantitative estimate of drug-likeness (QED) is 0.873. The van der Waals surface area contributed by atoms with Crippen LogP contribution in [-0.4, -0.2) is 34.1 Å².